The molecule has 0 atom stereocenters. The van der Waals surface area contributed by atoms with Gasteiger partial charge in [-0.3, -0.25) is 4.79 Å². The van der Waals surface area contributed by atoms with Gasteiger partial charge in [0.2, 0.25) is 5.91 Å². The quantitative estimate of drug-likeness (QED) is 0.381. The molecule has 4 aromatic rings. The monoisotopic (exact) mass is 510 g/mol. The van der Waals surface area contributed by atoms with E-state index in [1.807, 2.05) is 44.2 Å². The molecule has 8 nitrogen and oxygen atoms in total. The maximum atomic E-state index is 13.4. The van der Waals surface area contributed by atoms with Gasteiger partial charge >= 0.3 is 0 Å². The van der Waals surface area contributed by atoms with E-state index in [4.69, 9.17) is 4.74 Å². The van der Waals surface area contributed by atoms with Gasteiger partial charge in [-0.2, -0.15) is 0 Å². The standard InChI is InChI=1S/C30H34N6O2/c1-30(2,22-6-5-7-24(18-22)35-12-3-4-13-35)29(37)33-23-10-8-21(9-11-23)26-19-25-27(34-26)31-20-32-28(25)36-14-16-38-17-15-36/h5-11,18-20H,3-4,12-17H2,1-2H3,(H,33,37)(H,31,32,34). The Balaban J connectivity index is 1.18. The zero-order valence-corrected chi connectivity index (χ0v) is 22.0. The van der Waals surface area contributed by atoms with E-state index in [1.165, 1.54) is 18.5 Å². The summed E-state index contributed by atoms with van der Waals surface area (Å²) in [4.78, 5) is 30.4. The minimum atomic E-state index is -0.667. The first-order chi connectivity index (χ1) is 18.5. The average molecular weight is 511 g/mol. The van der Waals surface area contributed by atoms with Crippen LogP contribution >= 0.6 is 0 Å². The molecule has 2 aliphatic rings. The summed E-state index contributed by atoms with van der Waals surface area (Å²) in [5.41, 5.74) is 5.12. The Morgan fingerprint density at radius 1 is 0.947 bits per heavy atom. The Bertz CT molecular complexity index is 1430. The molecule has 0 unspecified atom stereocenters. The van der Waals surface area contributed by atoms with Crippen LogP contribution in [0.4, 0.5) is 17.2 Å². The minimum absolute atomic E-state index is 0.0279. The highest BCUT2D eigenvalue weighted by Crippen LogP contribution is 2.32. The summed E-state index contributed by atoms with van der Waals surface area (Å²) in [5.74, 6) is 0.903. The minimum Gasteiger partial charge on any atom is -0.378 e. The van der Waals surface area contributed by atoms with Crippen LogP contribution in [0, 0.1) is 0 Å². The first kappa shape index (κ1) is 24.4. The number of anilines is 3. The molecule has 0 bridgehead atoms. The number of aromatic nitrogens is 3. The zero-order chi connectivity index (χ0) is 26.1. The SMILES string of the molecule is CC(C)(C(=O)Nc1ccc(-c2cc3c(N4CCOCC4)ncnc3[nH]2)cc1)c1cccc(N2CCCC2)c1. The van der Waals surface area contributed by atoms with Gasteiger partial charge in [0.05, 0.1) is 24.0 Å². The van der Waals surface area contributed by atoms with Crippen LogP contribution in [0.25, 0.3) is 22.3 Å². The summed E-state index contributed by atoms with van der Waals surface area (Å²) in [6.07, 6.45) is 4.06. The lowest BCUT2D eigenvalue weighted by Crippen LogP contribution is -2.36. The van der Waals surface area contributed by atoms with E-state index in [-0.39, 0.29) is 5.91 Å². The summed E-state index contributed by atoms with van der Waals surface area (Å²) in [7, 11) is 0. The third-order valence-corrected chi connectivity index (χ3v) is 7.78. The molecular weight excluding hydrogens is 476 g/mol. The van der Waals surface area contributed by atoms with Crippen LogP contribution in [0.3, 0.4) is 0 Å². The lowest BCUT2D eigenvalue weighted by atomic mass is 9.83. The summed E-state index contributed by atoms with van der Waals surface area (Å²) in [6, 6.07) is 18.4. The van der Waals surface area contributed by atoms with Gasteiger partial charge in [0, 0.05) is 43.2 Å². The van der Waals surface area contributed by atoms with E-state index in [1.54, 1.807) is 6.33 Å². The van der Waals surface area contributed by atoms with Crippen molar-refractivity contribution in [3.8, 4) is 11.3 Å². The number of nitrogens with zero attached hydrogens (tertiary/aromatic N) is 4. The van der Waals surface area contributed by atoms with Crippen LogP contribution in [0.1, 0.15) is 32.3 Å². The van der Waals surface area contributed by atoms with Crippen molar-refractivity contribution in [2.45, 2.75) is 32.1 Å². The van der Waals surface area contributed by atoms with Crippen molar-refractivity contribution in [2.75, 3.05) is 54.5 Å². The van der Waals surface area contributed by atoms with Gasteiger partial charge in [0.25, 0.3) is 0 Å². The van der Waals surface area contributed by atoms with Crippen LogP contribution in [-0.4, -0.2) is 60.3 Å². The number of nitrogens with one attached hydrogen (secondary N) is 2. The van der Waals surface area contributed by atoms with Gasteiger partial charge in [-0.05, 0) is 68.1 Å². The summed E-state index contributed by atoms with van der Waals surface area (Å²) in [5, 5.41) is 4.12. The van der Waals surface area contributed by atoms with E-state index in [2.05, 4.69) is 54.3 Å². The van der Waals surface area contributed by atoms with Gasteiger partial charge < -0.3 is 24.8 Å². The van der Waals surface area contributed by atoms with Gasteiger partial charge in [0.15, 0.2) is 0 Å². The molecule has 0 aliphatic carbocycles. The molecule has 38 heavy (non-hydrogen) atoms. The second-order valence-corrected chi connectivity index (χ2v) is 10.6. The Morgan fingerprint density at radius 3 is 2.47 bits per heavy atom. The number of morpholine rings is 1. The Morgan fingerprint density at radius 2 is 1.71 bits per heavy atom. The van der Waals surface area contributed by atoms with Crippen molar-refractivity contribution in [1.29, 1.82) is 0 Å². The van der Waals surface area contributed by atoms with E-state index in [9.17, 15) is 4.79 Å². The van der Waals surface area contributed by atoms with E-state index >= 15 is 0 Å². The number of hydrogen-bond acceptors (Lipinski definition) is 6. The normalized spacial score (nSPS) is 16.3. The number of fused-ring (bicyclic) bond motifs is 1. The Labute approximate surface area is 223 Å². The van der Waals surface area contributed by atoms with E-state index in [0.717, 1.165) is 65.5 Å². The molecule has 2 aromatic carbocycles. The van der Waals surface area contributed by atoms with Gasteiger partial charge in [-0.1, -0.05) is 24.3 Å². The molecule has 0 spiro atoms. The van der Waals surface area contributed by atoms with E-state index < -0.39 is 5.41 Å². The molecule has 196 valence electrons. The lowest BCUT2D eigenvalue weighted by Gasteiger charge is -2.27. The van der Waals surface area contributed by atoms with Crippen molar-refractivity contribution in [2.24, 2.45) is 0 Å². The van der Waals surface area contributed by atoms with Crippen molar-refractivity contribution in [3.63, 3.8) is 0 Å². The first-order valence-corrected chi connectivity index (χ1v) is 13.4. The van der Waals surface area contributed by atoms with Crippen molar-refractivity contribution < 1.29 is 9.53 Å². The number of hydrogen-bond donors (Lipinski definition) is 2. The maximum absolute atomic E-state index is 13.4. The molecule has 2 aromatic heterocycles. The molecule has 1 amide bonds. The topological polar surface area (TPSA) is 86.4 Å². The van der Waals surface area contributed by atoms with Crippen molar-refractivity contribution in [3.05, 3.63) is 66.5 Å². The lowest BCUT2D eigenvalue weighted by molar-refractivity contribution is -0.120. The predicted molar refractivity (Wildman–Crippen MR) is 152 cm³/mol. The number of amides is 1. The van der Waals surface area contributed by atoms with Gasteiger partial charge in [-0.25, -0.2) is 9.97 Å². The van der Waals surface area contributed by atoms with Gasteiger partial charge in [0.1, 0.15) is 17.8 Å². The molecule has 4 heterocycles. The number of rotatable bonds is 6. The summed E-state index contributed by atoms with van der Waals surface area (Å²) >= 11 is 0. The number of benzene rings is 2. The second kappa shape index (κ2) is 10.1. The average Bonchev–Trinajstić information content (AvgIpc) is 3.65. The number of aromatic amines is 1. The highest BCUT2D eigenvalue weighted by molar-refractivity contribution is 5.99. The van der Waals surface area contributed by atoms with Crippen LogP contribution in [0.15, 0.2) is 60.9 Å². The highest BCUT2D eigenvalue weighted by Gasteiger charge is 2.30. The smallest absolute Gasteiger partial charge is 0.234 e. The Kier molecular flexibility index (Phi) is 6.49. The van der Waals surface area contributed by atoms with Gasteiger partial charge in [-0.15, -0.1) is 0 Å². The van der Waals surface area contributed by atoms with Crippen LogP contribution in [0.5, 0.6) is 0 Å². The molecule has 2 fully saturated rings. The van der Waals surface area contributed by atoms with Crippen LogP contribution < -0.4 is 15.1 Å². The summed E-state index contributed by atoms with van der Waals surface area (Å²) < 4.78 is 5.49. The molecule has 6 rings (SSSR count). The number of ether oxygens (including phenoxy) is 1. The summed E-state index contributed by atoms with van der Waals surface area (Å²) in [6.45, 7) is 9.18. The molecule has 2 saturated heterocycles. The molecule has 0 saturated carbocycles. The third-order valence-electron chi connectivity index (χ3n) is 7.78. The van der Waals surface area contributed by atoms with Crippen molar-refractivity contribution >= 4 is 34.1 Å². The molecule has 2 N–H and O–H groups in total. The molecule has 8 heteroatoms. The number of carbonyl (C=O) groups excluding carboxylic acids is 1. The highest BCUT2D eigenvalue weighted by atomic mass is 16.5. The predicted octanol–water partition coefficient (Wildman–Crippen LogP) is 4.98. The Hall–Kier alpha value is -3.91. The fraction of sp³-hybridized carbons (Fsp3) is 0.367. The largest absolute Gasteiger partial charge is 0.378 e. The fourth-order valence-corrected chi connectivity index (χ4v) is 5.33. The third kappa shape index (κ3) is 4.72. The fourth-order valence-electron chi connectivity index (χ4n) is 5.33. The molecular formula is C30H34N6O2. The first-order valence-electron chi connectivity index (χ1n) is 13.4. The maximum Gasteiger partial charge on any atom is 0.234 e. The molecule has 0 radical (unpaired) electrons. The molecule has 2 aliphatic heterocycles. The van der Waals surface area contributed by atoms with E-state index in [0.29, 0.717) is 13.2 Å². The number of carbonyl (C=O) groups is 1. The van der Waals surface area contributed by atoms with Crippen LogP contribution in [-0.2, 0) is 14.9 Å². The second-order valence-electron chi connectivity index (χ2n) is 10.6. The van der Waals surface area contributed by atoms with Crippen molar-refractivity contribution in [1.82, 2.24) is 15.0 Å². The van der Waals surface area contributed by atoms with Crippen LogP contribution in [0.2, 0.25) is 0 Å². The number of H-pyrrole nitrogens is 1. The zero-order valence-electron chi connectivity index (χ0n) is 22.0.